The van der Waals surface area contributed by atoms with E-state index >= 15 is 0 Å². The first-order chi connectivity index (χ1) is 14.3. The van der Waals surface area contributed by atoms with Crippen LogP contribution in [0.15, 0.2) is 18.2 Å². The molecular formula is C22H29NO7. The Bertz CT molecular complexity index is 917. The van der Waals surface area contributed by atoms with Gasteiger partial charge >= 0.3 is 5.97 Å². The van der Waals surface area contributed by atoms with E-state index in [1.165, 1.54) is 33.5 Å². The van der Waals surface area contributed by atoms with E-state index < -0.39 is 5.97 Å². The zero-order valence-corrected chi connectivity index (χ0v) is 18.5. The summed E-state index contributed by atoms with van der Waals surface area (Å²) in [5.41, 5.74) is 2.40. The molecule has 1 atom stereocenters. The molecule has 1 aromatic carbocycles. The number of Topliss-reactive ketones (excluding diaryl/α,β-unsaturated/α-hetero) is 1. The molecule has 0 aliphatic rings. The van der Waals surface area contributed by atoms with Crippen molar-refractivity contribution in [3.63, 3.8) is 0 Å². The van der Waals surface area contributed by atoms with Crippen molar-refractivity contribution >= 4 is 11.8 Å². The van der Waals surface area contributed by atoms with Gasteiger partial charge in [0, 0.05) is 36.2 Å². The van der Waals surface area contributed by atoms with Gasteiger partial charge in [-0.1, -0.05) is 0 Å². The number of hydrogen-bond acceptors (Lipinski definition) is 7. The average molecular weight is 419 g/mol. The van der Waals surface area contributed by atoms with Crippen molar-refractivity contribution in [1.29, 1.82) is 0 Å². The first-order valence-corrected chi connectivity index (χ1v) is 9.46. The highest BCUT2D eigenvalue weighted by Gasteiger charge is 2.22. The van der Waals surface area contributed by atoms with Gasteiger partial charge in [-0.25, -0.2) is 4.79 Å². The minimum Gasteiger partial charge on any atom is -0.496 e. The van der Waals surface area contributed by atoms with E-state index in [9.17, 15) is 9.59 Å². The van der Waals surface area contributed by atoms with Crippen LogP contribution >= 0.6 is 0 Å². The number of ketones is 1. The van der Waals surface area contributed by atoms with Crippen molar-refractivity contribution in [1.82, 2.24) is 4.57 Å². The topological polar surface area (TPSA) is 85.2 Å². The predicted molar refractivity (Wildman–Crippen MR) is 111 cm³/mol. The molecule has 0 spiro atoms. The first kappa shape index (κ1) is 23.3. The summed E-state index contributed by atoms with van der Waals surface area (Å²) in [4.78, 5) is 25.3. The third-order valence-corrected chi connectivity index (χ3v) is 4.89. The molecule has 8 heteroatoms. The van der Waals surface area contributed by atoms with Gasteiger partial charge in [-0.2, -0.15) is 0 Å². The number of hydrogen-bond donors (Lipinski definition) is 0. The number of carbonyl (C=O) groups is 2. The lowest BCUT2D eigenvalue weighted by molar-refractivity contribution is 0.0471. The zero-order valence-electron chi connectivity index (χ0n) is 18.5. The van der Waals surface area contributed by atoms with Gasteiger partial charge in [-0.05, 0) is 26.8 Å². The second-order valence-corrected chi connectivity index (χ2v) is 6.87. The SMILES string of the molecule is COC[C@@H](C)n1c(C)cc(C(=O)COC(=O)c2cc(OC)c(OC)cc2OC)c1C. The van der Waals surface area contributed by atoms with Gasteiger partial charge in [0.05, 0.1) is 34.0 Å². The number of benzene rings is 1. The molecule has 164 valence electrons. The van der Waals surface area contributed by atoms with Gasteiger partial charge in [-0.15, -0.1) is 0 Å². The van der Waals surface area contributed by atoms with Crippen molar-refractivity contribution in [2.75, 3.05) is 41.7 Å². The maximum absolute atomic E-state index is 12.7. The third-order valence-electron chi connectivity index (χ3n) is 4.89. The molecule has 2 rings (SSSR count). The highest BCUT2D eigenvalue weighted by atomic mass is 16.5. The quantitative estimate of drug-likeness (QED) is 0.431. The summed E-state index contributed by atoms with van der Waals surface area (Å²) in [5.74, 6) is 0.0537. The molecule has 0 radical (unpaired) electrons. The Labute approximate surface area is 176 Å². The maximum Gasteiger partial charge on any atom is 0.342 e. The highest BCUT2D eigenvalue weighted by molar-refractivity contribution is 6.01. The summed E-state index contributed by atoms with van der Waals surface area (Å²) in [6, 6.07) is 4.87. The van der Waals surface area contributed by atoms with Gasteiger partial charge in [-0.3, -0.25) is 4.79 Å². The number of ether oxygens (including phenoxy) is 5. The van der Waals surface area contributed by atoms with E-state index in [2.05, 4.69) is 0 Å². The molecule has 2 aromatic rings. The number of methoxy groups -OCH3 is 4. The molecule has 30 heavy (non-hydrogen) atoms. The van der Waals surface area contributed by atoms with Gasteiger partial charge < -0.3 is 28.3 Å². The molecule has 0 N–H and O–H groups in total. The van der Waals surface area contributed by atoms with Crippen LogP contribution in [0.1, 0.15) is 45.1 Å². The summed E-state index contributed by atoms with van der Waals surface area (Å²) < 4.78 is 28.2. The molecule has 1 aromatic heterocycles. The molecule has 0 fully saturated rings. The number of carbonyl (C=O) groups excluding carboxylic acids is 2. The Balaban J connectivity index is 2.19. The van der Waals surface area contributed by atoms with Crippen molar-refractivity contribution in [3.8, 4) is 17.2 Å². The Kier molecular flexibility index (Phi) is 7.88. The second-order valence-electron chi connectivity index (χ2n) is 6.87. The lowest BCUT2D eigenvalue weighted by Gasteiger charge is -2.17. The Morgan fingerprint density at radius 1 is 0.900 bits per heavy atom. The van der Waals surface area contributed by atoms with Crippen LogP contribution in [0.4, 0.5) is 0 Å². The Morgan fingerprint density at radius 3 is 2.07 bits per heavy atom. The maximum atomic E-state index is 12.7. The summed E-state index contributed by atoms with van der Waals surface area (Å²) in [5, 5.41) is 0. The summed E-state index contributed by atoms with van der Waals surface area (Å²) in [6.45, 7) is 5.94. The molecule has 8 nitrogen and oxygen atoms in total. The van der Waals surface area contributed by atoms with Gasteiger partial charge in [0.25, 0.3) is 0 Å². The predicted octanol–water partition coefficient (Wildman–Crippen LogP) is 3.38. The molecule has 0 bridgehead atoms. The molecule has 1 heterocycles. The van der Waals surface area contributed by atoms with Crippen LogP contribution < -0.4 is 14.2 Å². The van der Waals surface area contributed by atoms with Crippen LogP contribution in [-0.4, -0.2) is 58.0 Å². The lowest BCUT2D eigenvalue weighted by atomic mass is 10.1. The number of rotatable bonds is 10. The summed E-state index contributed by atoms with van der Waals surface area (Å²) >= 11 is 0. The molecule has 0 unspecified atom stereocenters. The summed E-state index contributed by atoms with van der Waals surface area (Å²) in [7, 11) is 6.01. The molecular weight excluding hydrogens is 390 g/mol. The fourth-order valence-corrected chi connectivity index (χ4v) is 3.53. The molecule has 0 amide bonds. The van der Waals surface area contributed by atoms with Crippen molar-refractivity contribution in [3.05, 3.63) is 40.7 Å². The standard InChI is InChI=1S/C22H29NO7/c1-13-8-16(15(3)23(13)14(2)11-26-4)18(24)12-30-22(25)17-9-20(28-6)21(29-7)10-19(17)27-5/h8-10,14H,11-12H2,1-7H3/t14-/m1/s1. The van der Waals surface area contributed by atoms with Gasteiger partial charge in [0.2, 0.25) is 5.78 Å². The highest BCUT2D eigenvalue weighted by Crippen LogP contribution is 2.35. The van der Waals surface area contributed by atoms with Gasteiger partial charge in [0.1, 0.15) is 11.3 Å². The smallest absolute Gasteiger partial charge is 0.342 e. The van der Waals surface area contributed by atoms with Crippen LogP contribution in [0.3, 0.4) is 0 Å². The van der Waals surface area contributed by atoms with Gasteiger partial charge in [0.15, 0.2) is 18.1 Å². The van der Waals surface area contributed by atoms with E-state index in [-0.39, 0.29) is 29.7 Å². The lowest BCUT2D eigenvalue weighted by Crippen LogP contribution is -2.17. The number of esters is 1. The van der Waals surface area contributed by atoms with Crippen LogP contribution in [0, 0.1) is 13.8 Å². The van der Waals surface area contributed by atoms with E-state index in [4.69, 9.17) is 23.7 Å². The average Bonchev–Trinajstić information content (AvgIpc) is 3.04. The zero-order chi connectivity index (χ0) is 22.4. The molecule has 0 aliphatic carbocycles. The van der Waals surface area contributed by atoms with E-state index in [0.717, 1.165) is 11.4 Å². The summed E-state index contributed by atoms with van der Waals surface area (Å²) in [6.07, 6.45) is 0. The fraction of sp³-hybridized carbons (Fsp3) is 0.455. The number of nitrogens with zero attached hydrogens (tertiary/aromatic N) is 1. The van der Waals surface area contributed by atoms with Crippen LogP contribution in [0.2, 0.25) is 0 Å². The van der Waals surface area contributed by atoms with Crippen molar-refractivity contribution in [2.45, 2.75) is 26.8 Å². The first-order valence-electron chi connectivity index (χ1n) is 9.46. The largest absolute Gasteiger partial charge is 0.496 e. The van der Waals surface area contributed by atoms with E-state index in [1.54, 1.807) is 13.2 Å². The Morgan fingerprint density at radius 2 is 1.50 bits per heavy atom. The van der Waals surface area contributed by atoms with E-state index in [0.29, 0.717) is 23.7 Å². The molecule has 0 saturated heterocycles. The normalized spacial score (nSPS) is 11.7. The fourth-order valence-electron chi connectivity index (χ4n) is 3.53. The number of aromatic nitrogens is 1. The van der Waals surface area contributed by atoms with Crippen LogP contribution in [-0.2, 0) is 9.47 Å². The monoisotopic (exact) mass is 419 g/mol. The minimum absolute atomic E-state index is 0.0788. The second kappa shape index (κ2) is 10.2. The van der Waals surface area contributed by atoms with Crippen LogP contribution in [0.5, 0.6) is 17.2 Å². The third kappa shape index (κ3) is 4.76. The number of aryl methyl sites for hydroxylation is 1. The molecule has 0 aliphatic heterocycles. The molecule has 0 saturated carbocycles. The Hall–Kier alpha value is -3.00. The van der Waals surface area contributed by atoms with Crippen molar-refractivity contribution < 1.29 is 33.3 Å². The van der Waals surface area contributed by atoms with Crippen LogP contribution in [0.25, 0.3) is 0 Å². The minimum atomic E-state index is -0.692. The van der Waals surface area contributed by atoms with Crippen molar-refractivity contribution in [2.24, 2.45) is 0 Å². The van der Waals surface area contributed by atoms with E-state index in [1.807, 2.05) is 25.3 Å².